The smallest absolute Gasteiger partial charge is 0.310 e. The highest BCUT2D eigenvalue weighted by Crippen LogP contribution is 2.18. The number of halogens is 1. The lowest BCUT2D eigenvalue weighted by molar-refractivity contribution is -0.142. The maximum Gasteiger partial charge on any atom is 0.310 e. The molecule has 36 heavy (non-hydrogen) atoms. The number of anilines is 1. The molecule has 1 atom stereocenters. The number of aryl methyl sites for hydroxylation is 1. The van der Waals surface area contributed by atoms with Gasteiger partial charge in [0.1, 0.15) is 18.4 Å². The lowest BCUT2D eigenvalue weighted by atomic mass is 10.1. The SMILES string of the molecule is CCOC(=O)Cc1ccc(NC(=O)C(COc2ccccc2C)NS(=O)(=O)c2ccc(I)cc2)cc1. The quantitative estimate of drug-likeness (QED) is 0.247. The van der Waals surface area contributed by atoms with Crippen molar-refractivity contribution in [3.8, 4) is 5.75 Å². The summed E-state index contributed by atoms with van der Waals surface area (Å²) in [5.41, 5.74) is 2.03. The molecule has 0 aliphatic carbocycles. The second-order valence-electron chi connectivity index (χ2n) is 7.87. The minimum absolute atomic E-state index is 0.0416. The van der Waals surface area contributed by atoms with Crippen molar-refractivity contribution in [1.29, 1.82) is 0 Å². The predicted octanol–water partition coefficient (Wildman–Crippen LogP) is 4.07. The number of carbonyl (C=O) groups is 2. The topological polar surface area (TPSA) is 111 Å². The third-order valence-corrected chi connectivity index (χ3v) is 7.32. The number of para-hydroxylation sites is 1. The van der Waals surface area contributed by atoms with Crippen molar-refractivity contribution in [3.05, 3.63) is 87.5 Å². The van der Waals surface area contributed by atoms with Crippen molar-refractivity contribution < 1.29 is 27.5 Å². The van der Waals surface area contributed by atoms with Gasteiger partial charge in [-0.2, -0.15) is 4.72 Å². The van der Waals surface area contributed by atoms with Crippen LogP contribution >= 0.6 is 22.6 Å². The molecule has 0 aliphatic rings. The number of rotatable bonds is 11. The van der Waals surface area contributed by atoms with E-state index in [2.05, 4.69) is 32.6 Å². The maximum absolute atomic E-state index is 13.1. The molecule has 0 aliphatic heterocycles. The summed E-state index contributed by atoms with van der Waals surface area (Å²) in [6, 6.07) is 19.0. The molecule has 0 radical (unpaired) electrons. The van der Waals surface area contributed by atoms with Crippen molar-refractivity contribution in [2.45, 2.75) is 31.2 Å². The van der Waals surface area contributed by atoms with Crippen LogP contribution in [0.5, 0.6) is 5.75 Å². The van der Waals surface area contributed by atoms with Gasteiger partial charge in [-0.25, -0.2) is 8.42 Å². The van der Waals surface area contributed by atoms with Crippen LogP contribution < -0.4 is 14.8 Å². The molecule has 0 aromatic heterocycles. The predicted molar refractivity (Wildman–Crippen MR) is 145 cm³/mol. The first-order valence-electron chi connectivity index (χ1n) is 11.2. The highest BCUT2D eigenvalue weighted by Gasteiger charge is 2.27. The van der Waals surface area contributed by atoms with E-state index in [-0.39, 0.29) is 23.9 Å². The zero-order valence-electron chi connectivity index (χ0n) is 19.9. The summed E-state index contributed by atoms with van der Waals surface area (Å²) in [5, 5.41) is 2.72. The van der Waals surface area contributed by atoms with Crippen LogP contribution in [0.4, 0.5) is 5.69 Å². The van der Waals surface area contributed by atoms with Gasteiger partial charge in [0.2, 0.25) is 15.9 Å². The number of sulfonamides is 1. The summed E-state index contributed by atoms with van der Waals surface area (Å²) in [6.45, 7) is 3.68. The summed E-state index contributed by atoms with van der Waals surface area (Å²) in [6.07, 6.45) is 0.116. The highest BCUT2D eigenvalue weighted by molar-refractivity contribution is 14.1. The molecular weight excluding hydrogens is 595 g/mol. The van der Waals surface area contributed by atoms with E-state index < -0.39 is 22.0 Å². The molecule has 1 unspecified atom stereocenters. The van der Waals surface area contributed by atoms with Gasteiger partial charge in [-0.1, -0.05) is 30.3 Å². The Balaban J connectivity index is 1.76. The van der Waals surface area contributed by atoms with Crippen LogP contribution in [0.1, 0.15) is 18.1 Å². The van der Waals surface area contributed by atoms with Crippen LogP contribution in [0, 0.1) is 10.5 Å². The van der Waals surface area contributed by atoms with Gasteiger partial charge in [0.15, 0.2) is 0 Å². The van der Waals surface area contributed by atoms with E-state index in [0.717, 1.165) is 14.7 Å². The molecule has 3 rings (SSSR count). The summed E-state index contributed by atoms with van der Waals surface area (Å²) in [4.78, 5) is 24.9. The fourth-order valence-corrected chi connectivity index (χ4v) is 4.78. The average molecular weight is 622 g/mol. The third-order valence-electron chi connectivity index (χ3n) is 5.11. The molecule has 0 bridgehead atoms. The molecule has 0 saturated heterocycles. The van der Waals surface area contributed by atoms with Crippen LogP contribution in [0.3, 0.4) is 0 Å². The molecule has 3 aromatic carbocycles. The normalized spacial score (nSPS) is 12.0. The Labute approximate surface area is 224 Å². The summed E-state index contributed by atoms with van der Waals surface area (Å²) in [5.74, 6) is -0.379. The molecule has 190 valence electrons. The van der Waals surface area contributed by atoms with E-state index in [0.29, 0.717) is 18.0 Å². The van der Waals surface area contributed by atoms with Crippen LogP contribution in [0.25, 0.3) is 0 Å². The number of hydrogen-bond donors (Lipinski definition) is 2. The van der Waals surface area contributed by atoms with Crippen molar-refractivity contribution in [1.82, 2.24) is 4.72 Å². The molecule has 8 nitrogen and oxygen atoms in total. The number of ether oxygens (including phenoxy) is 2. The molecule has 0 saturated carbocycles. The summed E-state index contributed by atoms with van der Waals surface area (Å²) >= 11 is 2.08. The Morgan fingerprint density at radius 2 is 1.64 bits per heavy atom. The molecule has 2 N–H and O–H groups in total. The Kier molecular flexibility index (Phi) is 9.85. The van der Waals surface area contributed by atoms with Gasteiger partial charge in [-0.3, -0.25) is 9.59 Å². The van der Waals surface area contributed by atoms with Crippen LogP contribution in [0.2, 0.25) is 0 Å². The Morgan fingerprint density at radius 3 is 2.28 bits per heavy atom. The van der Waals surface area contributed by atoms with E-state index in [4.69, 9.17) is 9.47 Å². The number of esters is 1. The minimum atomic E-state index is -4.00. The first-order valence-corrected chi connectivity index (χ1v) is 13.8. The second-order valence-corrected chi connectivity index (χ2v) is 10.8. The average Bonchev–Trinajstić information content (AvgIpc) is 2.84. The highest BCUT2D eigenvalue weighted by atomic mass is 127. The summed E-state index contributed by atoms with van der Waals surface area (Å²) < 4.78 is 40.1. The van der Waals surface area contributed by atoms with Gasteiger partial charge in [0, 0.05) is 9.26 Å². The van der Waals surface area contributed by atoms with Crippen molar-refractivity contribution >= 4 is 50.2 Å². The van der Waals surface area contributed by atoms with Crippen molar-refractivity contribution in [2.24, 2.45) is 0 Å². The molecule has 0 spiro atoms. The zero-order chi connectivity index (χ0) is 26.1. The van der Waals surface area contributed by atoms with E-state index >= 15 is 0 Å². The largest absolute Gasteiger partial charge is 0.491 e. The van der Waals surface area contributed by atoms with E-state index in [1.54, 1.807) is 55.5 Å². The monoisotopic (exact) mass is 622 g/mol. The standard InChI is InChI=1S/C26H27IN2O6S/c1-3-34-25(30)16-19-8-12-21(13-9-19)28-26(31)23(17-35-24-7-5-4-6-18(24)2)29-36(32,33)22-14-10-20(27)11-15-22/h4-15,23,29H,3,16-17H2,1-2H3,(H,28,31). The third kappa shape index (κ3) is 8.04. The molecule has 3 aromatic rings. The zero-order valence-corrected chi connectivity index (χ0v) is 22.8. The van der Waals surface area contributed by atoms with E-state index in [9.17, 15) is 18.0 Å². The van der Waals surface area contributed by atoms with Gasteiger partial charge in [0.05, 0.1) is 17.9 Å². The summed E-state index contributed by atoms with van der Waals surface area (Å²) in [7, 11) is -4.00. The lowest BCUT2D eigenvalue weighted by Crippen LogP contribution is -2.47. The molecule has 10 heteroatoms. The van der Waals surface area contributed by atoms with Gasteiger partial charge in [-0.05, 0) is 90.0 Å². The van der Waals surface area contributed by atoms with Crippen molar-refractivity contribution in [3.63, 3.8) is 0 Å². The van der Waals surface area contributed by atoms with E-state index in [1.807, 2.05) is 19.1 Å². The van der Waals surface area contributed by atoms with Gasteiger partial charge >= 0.3 is 5.97 Å². The number of amides is 1. The van der Waals surface area contributed by atoms with Crippen LogP contribution in [-0.4, -0.2) is 39.5 Å². The van der Waals surface area contributed by atoms with Gasteiger partial charge in [0.25, 0.3) is 0 Å². The maximum atomic E-state index is 13.1. The molecule has 0 fully saturated rings. The van der Waals surface area contributed by atoms with Crippen LogP contribution in [0.15, 0.2) is 77.7 Å². The number of benzene rings is 3. The first-order chi connectivity index (χ1) is 17.2. The number of nitrogens with one attached hydrogen (secondary N) is 2. The molecule has 0 heterocycles. The minimum Gasteiger partial charge on any atom is -0.491 e. The fraction of sp³-hybridized carbons (Fsp3) is 0.231. The van der Waals surface area contributed by atoms with Gasteiger partial charge < -0.3 is 14.8 Å². The fourth-order valence-electron chi connectivity index (χ4n) is 3.24. The second kappa shape index (κ2) is 12.8. The van der Waals surface area contributed by atoms with Crippen LogP contribution in [-0.2, 0) is 30.8 Å². The number of hydrogen-bond acceptors (Lipinski definition) is 6. The van der Waals surface area contributed by atoms with Gasteiger partial charge in [-0.15, -0.1) is 0 Å². The lowest BCUT2D eigenvalue weighted by Gasteiger charge is -2.20. The first kappa shape index (κ1) is 27.6. The van der Waals surface area contributed by atoms with Crippen molar-refractivity contribution in [2.75, 3.05) is 18.5 Å². The Morgan fingerprint density at radius 1 is 0.972 bits per heavy atom. The number of carbonyl (C=O) groups excluding carboxylic acids is 2. The Bertz CT molecular complexity index is 1290. The Hall–Kier alpha value is -2.96. The molecular formula is C26H27IN2O6S. The molecule has 1 amide bonds. The van der Waals surface area contributed by atoms with E-state index in [1.165, 1.54) is 12.1 Å².